The molecular weight excluding hydrogens is 252 g/mol. The van der Waals surface area contributed by atoms with E-state index in [1.165, 1.54) is 0 Å². The lowest BCUT2D eigenvalue weighted by molar-refractivity contribution is 0.102. The maximum atomic E-state index is 12.2. The van der Waals surface area contributed by atoms with Crippen LogP contribution in [0.4, 0.5) is 5.69 Å². The molecule has 0 radical (unpaired) electrons. The molecule has 0 atom stereocenters. The van der Waals surface area contributed by atoms with Crippen molar-refractivity contribution >= 4 is 11.6 Å². The van der Waals surface area contributed by atoms with Crippen molar-refractivity contribution in [2.75, 3.05) is 12.4 Å². The van der Waals surface area contributed by atoms with E-state index in [0.717, 1.165) is 5.69 Å². The van der Waals surface area contributed by atoms with Gasteiger partial charge >= 0.3 is 0 Å². The Kier molecular flexibility index (Phi) is 4.43. The lowest BCUT2D eigenvalue weighted by atomic mass is 10.1. The van der Waals surface area contributed by atoms with Gasteiger partial charge in [-0.2, -0.15) is 5.26 Å². The number of rotatable bonds is 4. The third-order valence-electron chi connectivity index (χ3n) is 2.73. The van der Waals surface area contributed by atoms with Crippen molar-refractivity contribution in [3.05, 3.63) is 59.4 Å². The van der Waals surface area contributed by atoms with E-state index >= 15 is 0 Å². The largest absolute Gasteiger partial charge is 0.321 e. The molecule has 5 nitrogen and oxygen atoms in total. The SMILES string of the molecule is CNCc1cc(C(=O)Nc2ccccc2C#N)ccn1. The average Bonchev–Trinajstić information content (AvgIpc) is 2.48. The molecule has 5 heteroatoms. The molecule has 20 heavy (non-hydrogen) atoms. The number of nitrogens with zero attached hydrogens (tertiary/aromatic N) is 2. The summed E-state index contributed by atoms with van der Waals surface area (Å²) < 4.78 is 0. The van der Waals surface area contributed by atoms with Gasteiger partial charge in [-0.25, -0.2) is 0 Å². The average molecular weight is 266 g/mol. The Bertz CT molecular complexity index is 661. The third-order valence-corrected chi connectivity index (χ3v) is 2.73. The standard InChI is InChI=1S/C15H14N4O/c1-17-10-13-8-11(6-7-18-13)15(20)19-14-5-3-2-4-12(14)9-16/h2-8,17H,10H2,1H3,(H,19,20). The minimum atomic E-state index is -0.257. The van der Waals surface area contributed by atoms with Crippen LogP contribution in [0, 0.1) is 11.3 Å². The number of para-hydroxylation sites is 1. The van der Waals surface area contributed by atoms with Gasteiger partial charge in [0, 0.05) is 18.3 Å². The number of hydrogen-bond acceptors (Lipinski definition) is 4. The van der Waals surface area contributed by atoms with Gasteiger partial charge in [-0.3, -0.25) is 9.78 Å². The van der Waals surface area contributed by atoms with Crippen LogP contribution < -0.4 is 10.6 Å². The number of amides is 1. The number of pyridine rings is 1. The van der Waals surface area contributed by atoms with Crippen LogP contribution >= 0.6 is 0 Å². The van der Waals surface area contributed by atoms with Crippen molar-refractivity contribution < 1.29 is 4.79 Å². The van der Waals surface area contributed by atoms with Crippen molar-refractivity contribution in [3.63, 3.8) is 0 Å². The van der Waals surface area contributed by atoms with E-state index in [-0.39, 0.29) is 5.91 Å². The molecule has 2 rings (SSSR count). The van der Waals surface area contributed by atoms with Gasteiger partial charge < -0.3 is 10.6 Å². The summed E-state index contributed by atoms with van der Waals surface area (Å²) in [5, 5.41) is 14.7. The molecule has 0 spiro atoms. The van der Waals surface area contributed by atoms with E-state index in [0.29, 0.717) is 23.4 Å². The smallest absolute Gasteiger partial charge is 0.255 e. The predicted octanol–water partition coefficient (Wildman–Crippen LogP) is 1.92. The lowest BCUT2D eigenvalue weighted by Crippen LogP contribution is -2.14. The number of nitrogens with one attached hydrogen (secondary N) is 2. The molecule has 2 N–H and O–H groups in total. The van der Waals surface area contributed by atoms with Gasteiger partial charge in [0.2, 0.25) is 0 Å². The minimum Gasteiger partial charge on any atom is -0.321 e. The second-order valence-corrected chi connectivity index (χ2v) is 4.18. The fraction of sp³-hybridized carbons (Fsp3) is 0.133. The van der Waals surface area contributed by atoms with Gasteiger partial charge in [-0.15, -0.1) is 0 Å². The molecule has 1 amide bonds. The highest BCUT2D eigenvalue weighted by atomic mass is 16.1. The van der Waals surface area contributed by atoms with E-state index in [1.807, 2.05) is 13.1 Å². The number of anilines is 1. The van der Waals surface area contributed by atoms with Crippen molar-refractivity contribution in [3.8, 4) is 6.07 Å². The van der Waals surface area contributed by atoms with Crippen molar-refractivity contribution in [1.82, 2.24) is 10.3 Å². The summed E-state index contributed by atoms with van der Waals surface area (Å²) >= 11 is 0. The molecule has 1 aromatic carbocycles. The first kappa shape index (κ1) is 13.7. The Labute approximate surface area is 117 Å². The highest BCUT2D eigenvalue weighted by Gasteiger charge is 2.09. The maximum absolute atomic E-state index is 12.2. The summed E-state index contributed by atoms with van der Waals surface area (Å²) in [6, 6.07) is 12.3. The molecule has 0 fully saturated rings. The first-order valence-corrected chi connectivity index (χ1v) is 6.14. The summed E-state index contributed by atoms with van der Waals surface area (Å²) in [7, 11) is 1.82. The molecular formula is C15H14N4O. The first-order chi connectivity index (χ1) is 9.74. The second kappa shape index (κ2) is 6.45. The van der Waals surface area contributed by atoms with Crippen LogP contribution in [0.3, 0.4) is 0 Å². The summed E-state index contributed by atoms with van der Waals surface area (Å²) in [5.74, 6) is -0.257. The fourth-order valence-corrected chi connectivity index (χ4v) is 1.78. The van der Waals surface area contributed by atoms with Crippen molar-refractivity contribution in [2.45, 2.75) is 6.54 Å². The zero-order valence-corrected chi connectivity index (χ0v) is 11.1. The molecule has 0 aliphatic carbocycles. The van der Waals surface area contributed by atoms with E-state index < -0.39 is 0 Å². The number of carbonyl (C=O) groups is 1. The molecule has 1 heterocycles. The molecule has 0 aliphatic heterocycles. The summed E-state index contributed by atoms with van der Waals surface area (Å²) in [4.78, 5) is 16.3. The molecule has 0 bridgehead atoms. The highest BCUT2D eigenvalue weighted by molar-refractivity contribution is 6.04. The van der Waals surface area contributed by atoms with Crippen molar-refractivity contribution in [1.29, 1.82) is 5.26 Å². The summed E-state index contributed by atoms with van der Waals surface area (Å²) in [5.41, 5.74) is 2.24. The Morgan fingerprint density at radius 3 is 2.90 bits per heavy atom. The Balaban J connectivity index is 2.20. The molecule has 2 aromatic rings. The number of hydrogen-bond donors (Lipinski definition) is 2. The number of carbonyl (C=O) groups excluding carboxylic acids is 1. The lowest BCUT2D eigenvalue weighted by Gasteiger charge is -2.07. The van der Waals surface area contributed by atoms with Gasteiger partial charge in [-0.1, -0.05) is 12.1 Å². The predicted molar refractivity (Wildman–Crippen MR) is 76.1 cm³/mol. The Morgan fingerprint density at radius 2 is 2.15 bits per heavy atom. The van der Waals surface area contributed by atoms with Crippen LogP contribution in [0.5, 0.6) is 0 Å². The topological polar surface area (TPSA) is 77.8 Å². The van der Waals surface area contributed by atoms with Crippen LogP contribution in [-0.2, 0) is 6.54 Å². The maximum Gasteiger partial charge on any atom is 0.255 e. The highest BCUT2D eigenvalue weighted by Crippen LogP contribution is 2.15. The Morgan fingerprint density at radius 1 is 1.35 bits per heavy atom. The summed E-state index contributed by atoms with van der Waals surface area (Å²) in [6.45, 7) is 0.593. The first-order valence-electron chi connectivity index (χ1n) is 6.14. The molecule has 0 saturated carbocycles. The third kappa shape index (κ3) is 3.19. The summed E-state index contributed by atoms with van der Waals surface area (Å²) in [6.07, 6.45) is 1.60. The van der Waals surface area contributed by atoms with E-state index in [4.69, 9.17) is 5.26 Å². The minimum absolute atomic E-state index is 0.257. The van der Waals surface area contributed by atoms with Crippen LogP contribution in [0.2, 0.25) is 0 Å². The van der Waals surface area contributed by atoms with Crippen molar-refractivity contribution in [2.24, 2.45) is 0 Å². The van der Waals surface area contributed by atoms with Gasteiger partial charge in [0.25, 0.3) is 5.91 Å². The Hall–Kier alpha value is -2.71. The van der Waals surface area contributed by atoms with Gasteiger partial charge in [0.05, 0.1) is 16.9 Å². The van der Waals surface area contributed by atoms with Gasteiger partial charge in [-0.05, 0) is 31.3 Å². The van der Waals surface area contributed by atoms with E-state index in [2.05, 4.69) is 15.6 Å². The molecule has 1 aromatic heterocycles. The zero-order valence-electron chi connectivity index (χ0n) is 11.1. The van der Waals surface area contributed by atoms with E-state index in [9.17, 15) is 4.79 Å². The second-order valence-electron chi connectivity index (χ2n) is 4.18. The molecule has 0 saturated heterocycles. The van der Waals surface area contributed by atoms with Crippen LogP contribution in [0.1, 0.15) is 21.6 Å². The van der Waals surface area contributed by atoms with E-state index in [1.54, 1.807) is 42.6 Å². The van der Waals surface area contributed by atoms with Crippen LogP contribution in [0.15, 0.2) is 42.6 Å². The molecule has 0 aliphatic rings. The number of nitriles is 1. The monoisotopic (exact) mass is 266 g/mol. The quantitative estimate of drug-likeness (QED) is 0.886. The van der Waals surface area contributed by atoms with Gasteiger partial charge in [0.1, 0.15) is 6.07 Å². The van der Waals surface area contributed by atoms with Gasteiger partial charge in [0.15, 0.2) is 0 Å². The number of benzene rings is 1. The normalized spacial score (nSPS) is 9.80. The molecule has 100 valence electrons. The number of aromatic nitrogens is 1. The molecule has 0 unspecified atom stereocenters. The van der Waals surface area contributed by atoms with Crippen LogP contribution in [-0.4, -0.2) is 17.9 Å². The fourth-order valence-electron chi connectivity index (χ4n) is 1.78. The van der Waals surface area contributed by atoms with Crippen LogP contribution in [0.25, 0.3) is 0 Å². The zero-order chi connectivity index (χ0) is 14.4.